The Morgan fingerprint density at radius 2 is 1.48 bits per heavy atom. The number of amidine groups is 1. The number of fused-ring (bicyclic) bond motifs is 1. The van der Waals surface area contributed by atoms with Crippen LogP contribution in [-0.2, 0) is 4.74 Å². The molecule has 1 fully saturated rings. The Labute approximate surface area is 178 Å². The van der Waals surface area contributed by atoms with Crippen LogP contribution >= 0.6 is 0 Å². The van der Waals surface area contributed by atoms with Crippen LogP contribution in [0, 0.1) is 11.6 Å². The second-order valence-corrected chi connectivity index (χ2v) is 7.35. The van der Waals surface area contributed by atoms with E-state index in [1.165, 1.54) is 24.3 Å². The van der Waals surface area contributed by atoms with Crippen molar-refractivity contribution in [3.05, 3.63) is 95.1 Å². The molecule has 31 heavy (non-hydrogen) atoms. The van der Waals surface area contributed by atoms with Crippen LogP contribution in [0.5, 0.6) is 0 Å². The molecule has 1 N–H and O–H groups in total. The quantitative estimate of drug-likeness (QED) is 0.692. The van der Waals surface area contributed by atoms with Crippen molar-refractivity contribution in [1.82, 2.24) is 5.43 Å². The predicted molar refractivity (Wildman–Crippen MR) is 117 cm³/mol. The van der Waals surface area contributed by atoms with Crippen molar-refractivity contribution in [2.45, 2.75) is 0 Å². The van der Waals surface area contributed by atoms with Gasteiger partial charge in [-0.05, 0) is 54.6 Å². The zero-order chi connectivity index (χ0) is 21.2. The Balaban J connectivity index is 1.52. The number of halogens is 2. The number of nitrogens with one attached hydrogen (secondary N) is 1. The molecule has 156 valence electrons. The molecule has 0 aliphatic carbocycles. The van der Waals surface area contributed by atoms with Gasteiger partial charge in [0.2, 0.25) is 0 Å². The lowest BCUT2D eigenvalue weighted by molar-refractivity contribution is 0.122. The van der Waals surface area contributed by atoms with E-state index in [2.05, 4.69) is 20.4 Å². The molecule has 0 bridgehead atoms. The first-order valence-electron chi connectivity index (χ1n) is 10.1. The average Bonchev–Trinajstić information content (AvgIpc) is 3.00. The third kappa shape index (κ3) is 4.04. The number of hydrogen-bond donors (Lipinski definition) is 1. The number of morpholine rings is 1. The maximum Gasteiger partial charge on any atom is 0.154 e. The standard InChI is InChI=1S/C24H20F2N4O/c25-18-5-1-17(2-6-18)24-27-22-10-7-19(26)15-21(22)23(28-29-24)16-3-8-20(9-4-16)30-11-13-31-14-12-30/h1-10,15H,11-14H2,(H,27,29). The molecule has 3 aromatic carbocycles. The van der Waals surface area contributed by atoms with E-state index < -0.39 is 0 Å². The molecule has 0 spiro atoms. The second kappa shape index (κ2) is 8.28. The SMILES string of the molecule is Fc1ccc(C2=Nc3ccc(F)cc3C(c3ccc(N4CCOCC4)cc3)=NN2)cc1. The highest BCUT2D eigenvalue weighted by Crippen LogP contribution is 2.27. The number of hydrogen-bond acceptors (Lipinski definition) is 5. The molecule has 3 aromatic rings. The summed E-state index contributed by atoms with van der Waals surface area (Å²) < 4.78 is 32.9. The van der Waals surface area contributed by atoms with E-state index in [9.17, 15) is 8.78 Å². The van der Waals surface area contributed by atoms with E-state index in [1.807, 2.05) is 24.3 Å². The summed E-state index contributed by atoms with van der Waals surface area (Å²) in [4.78, 5) is 6.89. The van der Waals surface area contributed by atoms with Gasteiger partial charge in [-0.15, -0.1) is 0 Å². The highest BCUT2D eigenvalue weighted by molar-refractivity contribution is 6.18. The number of rotatable bonds is 3. The number of ether oxygens (including phenoxy) is 1. The van der Waals surface area contributed by atoms with Crippen molar-refractivity contribution in [3.63, 3.8) is 0 Å². The van der Waals surface area contributed by atoms with Crippen LogP contribution in [0.3, 0.4) is 0 Å². The Morgan fingerprint density at radius 3 is 2.23 bits per heavy atom. The van der Waals surface area contributed by atoms with Crippen LogP contribution in [0.15, 0.2) is 76.8 Å². The first-order chi connectivity index (χ1) is 15.2. The van der Waals surface area contributed by atoms with Crippen LogP contribution in [0.2, 0.25) is 0 Å². The zero-order valence-electron chi connectivity index (χ0n) is 16.7. The van der Waals surface area contributed by atoms with Gasteiger partial charge in [-0.2, -0.15) is 5.10 Å². The van der Waals surface area contributed by atoms with Gasteiger partial charge in [0.05, 0.1) is 18.9 Å². The Hall–Kier alpha value is -3.58. The first-order valence-corrected chi connectivity index (χ1v) is 10.1. The van der Waals surface area contributed by atoms with E-state index in [0.717, 1.165) is 24.3 Å². The summed E-state index contributed by atoms with van der Waals surface area (Å²) >= 11 is 0. The van der Waals surface area contributed by atoms with Gasteiger partial charge < -0.3 is 9.64 Å². The molecule has 0 saturated carbocycles. The Kier molecular flexibility index (Phi) is 5.18. The normalized spacial score (nSPS) is 16.0. The molecule has 2 aliphatic heterocycles. The lowest BCUT2D eigenvalue weighted by Gasteiger charge is -2.29. The largest absolute Gasteiger partial charge is 0.378 e. The van der Waals surface area contributed by atoms with Gasteiger partial charge in [-0.25, -0.2) is 13.8 Å². The minimum Gasteiger partial charge on any atom is -0.378 e. The van der Waals surface area contributed by atoms with Crippen LogP contribution in [-0.4, -0.2) is 37.9 Å². The van der Waals surface area contributed by atoms with Gasteiger partial charge in [-0.1, -0.05) is 12.1 Å². The molecule has 0 atom stereocenters. The number of hydrazone groups is 1. The monoisotopic (exact) mass is 418 g/mol. The number of anilines is 1. The van der Waals surface area contributed by atoms with Gasteiger partial charge in [0.25, 0.3) is 0 Å². The molecule has 5 nitrogen and oxygen atoms in total. The van der Waals surface area contributed by atoms with Crippen molar-refractivity contribution in [2.24, 2.45) is 10.1 Å². The fourth-order valence-corrected chi connectivity index (χ4v) is 3.72. The predicted octanol–water partition coefficient (Wildman–Crippen LogP) is 4.24. The molecule has 0 aromatic heterocycles. The smallest absolute Gasteiger partial charge is 0.154 e. The van der Waals surface area contributed by atoms with Crippen LogP contribution in [0.1, 0.15) is 16.7 Å². The highest BCUT2D eigenvalue weighted by Gasteiger charge is 2.19. The molecule has 2 heterocycles. The summed E-state index contributed by atoms with van der Waals surface area (Å²) in [6.45, 7) is 3.14. The van der Waals surface area contributed by atoms with Crippen molar-refractivity contribution < 1.29 is 13.5 Å². The van der Waals surface area contributed by atoms with Gasteiger partial charge >= 0.3 is 0 Å². The molecule has 2 aliphatic rings. The van der Waals surface area contributed by atoms with Gasteiger partial charge in [-0.3, -0.25) is 5.43 Å². The fourth-order valence-electron chi connectivity index (χ4n) is 3.72. The molecular formula is C24H20F2N4O. The highest BCUT2D eigenvalue weighted by atomic mass is 19.1. The fraction of sp³-hybridized carbons (Fsp3) is 0.167. The maximum atomic E-state index is 14.1. The van der Waals surface area contributed by atoms with Crippen LogP contribution < -0.4 is 10.3 Å². The average molecular weight is 418 g/mol. The van der Waals surface area contributed by atoms with Gasteiger partial charge in [0.1, 0.15) is 17.3 Å². The summed E-state index contributed by atoms with van der Waals surface area (Å²) in [5.74, 6) is -0.227. The lowest BCUT2D eigenvalue weighted by atomic mass is 10.00. The summed E-state index contributed by atoms with van der Waals surface area (Å²) in [7, 11) is 0. The molecule has 0 unspecified atom stereocenters. The third-order valence-corrected chi connectivity index (χ3v) is 5.35. The Morgan fingerprint density at radius 1 is 0.806 bits per heavy atom. The molecule has 7 heteroatoms. The minimum atomic E-state index is -0.364. The van der Waals surface area contributed by atoms with Crippen molar-refractivity contribution >= 4 is 22.9 Å². The summed E-state index contributed by atoms with van der Waals surface area (Å²) in [5, 5.41) is 4.54. The topological polar surface area (TPSA) is 49.2 Å². The molecule has 1 saturated heterocycles. The van der Waals surface area contributed by atoms with E-state index >= 15 is 0 Å². The summed E-state index contributed by atoms with van der Waals surface area (Å²) in [6, 6.07) is 18.4. The van der Waals surface area contributed by atoms with Crippen molar-refractivity contribution in [1.29, 1.82) is 0 Å². The van der Waals surface area contributed by atoms with Crippen LogP contribution in [0.4, 0.5) is 20.2 Å². The molecular weight excluding hydrogens is 398 g/mol. The van der Waals surface area contributed by atoms with Crippen molar-refractivity contribution in [3.8, 4) is 0 Å². The van der Waals surface area contributed by atoms with E-state index in [1.54, 1.807) is 18.2 Å². The maximum absolute atomic E-state index is 14.1. The zero-order valence-corrected chi connectivity index (χ0v) is 16.7. The first kappa shape index (κ1) is 19.4. The second-order valence-electron chi connectivity index (χ2n) is 7.35. The Bertz CT molecular complexity index is 1150. The van der Waals surface area contributed by atoms with E-state index in [4.69, 9.17) is 4.74 Å². The molecule has 0 amide bonds. The number of benzene rings is 3. The number of aliphatic imine (C=N–C) groups is 1. The van der Waals surface area contributed by atoms with Crippen molar-refractivity contribution in [2.75, 3.05) is 31.2 Å². The minimum absolute atomic E-state index is 0.329. The van der Waals surface area contributed by atoms with Gasteiger partial charge in [0, 0.05) is 35.5 Å². The van der Waals surface area contributed by atoms with E-state index in [0.29, 0.717) is 41.6 Å². The lowest BCUT2D eigenvalue weighted by Crippen LogP contribution is -2.36. The summed E-state index contributed by atoms with van der Waals surface area (Å²) in [5.41, 5.74) is 7.37. The van der Waals surface area contributed by atoms with E-state index in [-0.39, 0.29) is 11.6 Å². The molecule has 5 rings (SSSR count). The third-order valence-electron chi connectivity index (χ3n) is 5.35. The molecule has 0 radical (unpaired) electrons. The number of nitrogens with zero attached hydrogens (tertiary/aromatic N) is 3. The van der Waals surface area contributed by atoms with Crippen LogP contribution in [0.25, 0.3) is 0 Å². The summed E-state index contributed by atoms with van der Waals surface area (Å²) in [6.07, 6.45) is 0. The van der Waals surface area contributed by atoms with Gasteiger partial charge in [0.15, 0.2) is 5.84 Å².